The molecule has 0 aliphatic carbocycles. The van der Waals surface area contributed by atoms with E-state index in [1.165, 1.54) is 32.1 Å². The molecule has 0 aromatic heterocycles. The molecule has 24 heavy (non-hydrogen) atoms. The van der Waals surface area contributed by atoms with Crippen molar-refractivity contribution in [1.29, 1.82) is 0 Å². The number of carboxylic acid groups (broad SMARTS) is 1. The Morgan fingerprint density at radius 1 is 1.08 bits per heavy atom. The molecule has 0 amide bonds. The molecule has 1 atom stereocenters. The normalized spacial score (nSPS) is 11.8. The summed E-state index contributed by atoms with van der Waals surface area (Å²) in [7, 11) is -2.13. The molecule has 0 aliphatic heterocycles. The van der Waals surface area contributed by atoms with Crippen molar-refractivity contribution in [1.82, 2.24) is 5.32 Å². The first-order chi connectivity index (χ1) is 10.7. The van der Waals surface area contributed by atoms with Crippen molar-refractivity contribution in [3.05, 3.63) is 0 Å². The summed E-state index contributed by atoms with van der Waals surface area (Å²) < 4.78 is 27.9. The van der Waals surface area contributed by atoms with E-state index in [1.54, 1.807) is 7.05 Å². The molecular weight excluding hydrogens is 361 g/mol. The molecule has 0 rings (SSSR count). The van der Waals surface area contributed by atoms with E-state index in [9.17, 15) is 13.2 Å². The van der Waals surface area contributed by atoms with E-state index in [-0.39, 0.29) is 58.6 Å². The van der Waals surface area contributed by atoms with Crippen LogP contribution in [-0.4, -0.2) is 54.6 Å². The van der Waals surface area contributed by atoms with Gasteiger partial charge in [0.25, 0.3) is 10.1 Å². The van der Waals surface area contributed by atoms with Crippen LogP contribution in [0.5, 0.6) is 0 Å². The number of aliphatic hydroxyl groups excluding tert-OH is 1. The summed E-state index contributed by atoms with van der Waals surface area (Å²) in [5.41, 5.74) is 0. The number of carboxylic acids is 1. The second kappa shape index (κ2) is 20.3. The Morgan fingerprint density at radius 3 is 1.88 bits per heavy atom. The standard InChI is InChI=1S/C12H24O3.C3H9NO3S.K.H/c1-2-3-4-5-6-7-8-9-10-11(13)12(14)15;1-4-2-3-8(5,6)7;;/h11,13H,2-10H2,1H3,(H,14,15);4H,2-3H2,1H3,(H,5,6,7);;/q;;+1;-1. The number of rotatable bonds is 13. The fraction of sp³-hybridized carbons (Fsp3) is 0.933. The molecule has 7 nitrogen and oxygen atoms in total. The molecule has 0 fully saturated rings. The van der Waals surface area contributed by atoms with Gasteiger partial charge in [0.1, 0.15) is 0 Å². The molecule has 1 unspecified atom stereocenters. The SMILES string of the molecule is CCCCCCCCCCC(O)C(=O)O.CNCCS(=O)(=O)O.[H-].[K+]. The number of carbonyl (C=O) groups is 1. The summed E-state index contributed by atoms with van der Waals surface area (Å²) in [6.07, 6.45) is 8.68. The molecule has 0 aromatic rings. The largest absolute Gasteiger partial charge is 1.00 e. The zero-order valence-corrected chi connectivity index (χ0v) is 19.3. The number of unbranched alkanes of at least 4 members (excludes halogenated alkanes) is 7. The van der Waals surface area contributed by atoms with Crippen LogP contribution in [0.4, 0.5) is 0 Å². The molecule has 4 N–H and O–H groups in total. The quantitative estimate of drug-likeness (QED) is 0.182. The van der Waals surface area contributed by atoms with Crippen molar-refractivity contribution in [3.8, 4) is 0 Å². The molecule has 0 aromatic carbocycles. The van der Waals surface area contributed by atoms with Gasteiger partial charge in [0.15, 0.2) is 6.10 Å². The molecule has 0 aliphatic rings. The van der Waals surface area contributed by atoms with Crippen molar-refractivity contribution in [2.24, 2.45) is 0 Å². The summed E-state index contributed by atoms with van der Waals surface area (Å²) in [5.74, 6) is -1.32. The van der Waals surface area contributed by atoms with Crippen LogP contribution in [0.15, 0.2) is 0 Å². The van der Waals surface area contributed by atoms with Gasteiger partial charge >= 0.3 is 57.4 Å². The molecule has 9 heteroatoms. The van der Waals surface area contributed by atoms with Crippen LogP contribution in [0.25, 0.3) is 0 Å². The minimum atomic E-state index is -3.75. The Kier molecular flexibility index (Phi) is 25.1. The van der Waals surface area contributed by atoms with E-state index in [1.807, 2.05) is 0 Å². The third-order valence-electron chi connectivity index (χ3n) is 3.23. The van der Waals surface area contributed by atoms with Gasteiger partial charge in [-0.3, -0.25) is 4.55 Å². The number of aliphatic carboxylic acids is 1. The minimum Gasteiger partial charge on any atom is -1.00 e. The first-order valence-corrected chi connectivity index (χ1v) is 9.86. The average Bonchev–Trinajstić information content (AvgIpc) is 2.47. The third-order valence-corrected chi connectivity index (χ3v) is 3.95. The zero-order valence-electron chi connectivity index (χ0n) is 16.3. The molecular formula is C15H34KNO6S. The minimum absolute atomic E-state index is 0. The van der Waals surface area contributed by atoms with Crippen molar-refractivity contribution < 1.29 is 80.8 Å². The summed E-state index contributed by atoms with van der Waals surface area (Å²) in [4.78, 5) is 10.3. The third kappa shape index (κ3) is 27.8. The summed E-state index contributed by atoms with van der Waals surface area (Å²) >= 11 is 0. The van der Waals surface area contributed by atoms with Crippen molar-refractivity contribution in [3.63, 3.8) is 0 Å². The zero-order chi connectivity index (χ0) is 18.1. The number of hydrogen-bond donors (Lipinski definition) is 4. The van der Waals surface area contributed by atoms with Crippen LogP contribution in [-0.2, 0) is 14.9 Å². The van der Waals surface area contributed by atoms with Crippen LogP contribution in [0.3, 0.4) is 0 Å². The van der Waals surface area contributed by atoms with E-state index in [2.05, 4.69) is 12.2 Å². The Bertz CT molecular complexity index is 384. The molecule has 0 saturated heterocycles. The van der Waals surface area contributed by atoms with Gasteiger partial charge in [0.2, 0.25) is 0 Å². The van der Waals surface area contributed by atoms with Crippen LogP contribution in [0.2, 0.25) is 0 Å². The van der Waals surface area contributed by atoms with Crippen LogP contribution in [0, 0.1) is 0 Å². The van der Waals surface area contributed by atoms with Crippen LogP contribution in [0.1, 0.15) is 66.1 Å². The summed E-state index contributed by atoms with van der Waals surface area (Å²) in [6.45, 7) is 2.49. The maximum absolute atomic E-state index is 10.3. The van der Waals surface area contributed by atoms with Gasteiger partial charge in [0.05, 0.1) is 5.75 Å². The van der Waals surface area contributed by atoms with E-state index in [4.69, 9.17) is 14.8 Å². The molecule has 0 radical (unpaired) electrons. The van der Waals surface area contributed by atoms with E-state index < -0.39 is 22.2 Å². The maximum atomic E-state index is 10.3. The molecule has 0 bridgehead atoms. The maximum Gasteiger partial charge on any atom is 1.00 e. The van der Waals surface area contributed by atoms with E-state index >= 15 is 0 Å². The van der Waals surface area contributed by atoms with Crippen molar-refractivity contribution >= 4 is 16.1 Å². The van der Waals surface area contributed by atoms with Gasteiger partial charge in [-0.2, -0.15) is 8.42 Å². The second-order valence-electron chi connectivity index (χ2n) is 5.51. The van der Waals surface area contributed by atoms with Crippen LogP contribution >= 0.6 is 0 Å². The topological polar surface area (TPSA) is 124 Å². The molecule has 142 valence electrons. The molecule has 0 heterocycles. The number of nitrogens with one attached hydrogen (secondary N) is 1. The van der Waals surface area contributed by atoms with Crippen LogP contribution < -0.4 is 56.7 Å². The second-order valence-corrected chi connectivity index (χ2v) is 7.08. The van der Waals surface area contributed by atoms with Gasteiger partial charge in [0, 0.05) is 6.54 Å². The fourth-order valence-electron chi connectivity index (χ4n) is 1.83. The predicted molar refractivity (Wildman–Crippen MR) is 92.3 cm³/mol. The molecule has 0 saturated carbocycles. The first-order valence-electron chi connectivity index (χ1n) is 8.25. The van der Waals surface area contributed by atoms with Crippen molar-refractivity contribution in [2.45, 2.75) is 70.8 Å². The summed E-state index contributed by atoms with van der Waals surface area (Å²) in [5, 5.41) is 20.0. The fourth-order valence-corrected chi connectivity index (χ4v) is 2.29. The van der Waals surface area contributed by atoms with Gasteiger partial charge in [-0.1, -0.05) is 58.3 Å². The van der Waals surface area contributed by atoms with Gasteiger partial charge in [-0.05, 0) is 13.5 Å². The Morgan fingerprint density at radius 2 is 1.54 bits per heavy atom. The first kappa shape index (κ1) is 29.7. The van der Waals surface area contributed by atoms with Gasteiger partial charge in [-0.15, -0.1) is 0 Å². The smallest absolute Gasteiger partial charge is 1.00 e. The van der Waals surface area contributed by atoms with Gasteiger partial charge in [-0.25, -0.2) is 4.79 Å². The summed E-state index contributed by atoms with van der Waals surface area (Å²) in [6, 6.07) is 0. The van der Waals surface area contributed by atoms with Crippen molar-refractivity contribution in [2.75, 3.05) is 19.3 Å². The Labute approximate surface area is 190 Å². The Hall–Kier alpha value is 0.936. The monoisotopic (exact) mass is 395 g/mol. The number of aliphatic hydroxyl groups is 1. The molecule has 0 spiro atoms. The average molecular weight is 396 g/mol. The van der Waals surface area contributed by atoms with Gasteiger partial charge < -0.3 is 17.0 Å². The predicted octanol–water partition coefficient (Wildman–Crippen LogP) is -0.827. The van der Waals surface area contributed by atoms with E-state index in [0.717, 1.165) is 19.3 Å². The van der Waals surface area contributed by atoms with E-state index in [0.29, 0.717) is 13.0 Å². The number of hydrogen-bond acceptors (Lipinski definition) is 5. The Balaban J connectivity index is -0.000000190.